The Kier molecular flexibility index (Phi) is 4.05. The molecule has 1 unspecified atom stereocenters. The summed E-state index contributed by atoms with van der Waals surface area (Å²) in [5, 5.41) is 3.33. The van der Waals surface area contributed by atoms with E-state index in [0.717, 1.165) is 11.3 Å². The van der Waals surface area contributed by atoms with Crippen molar-refractivity contribution >= 4 is 0 Å². The summed E-state index contributed by atoms with van der Waals surface area (Å²) >= 11 is 0. The fourth-order valence-corrected chi connectivity index (χ4v) is 1.75. The SMILES string of the molecule is Cc1ccc(CNC(C)c2ccccn2)cc1F. The van der Waals surface area contributed by atoms with E-state index in [1.54, 1.807) is 25.3 Å². The van der Waals surface area contributed by atoms with E-state index in [4.69, 9.17) is 0 Å². The van der Waals surface area contributed by atoms with Crippen molar-refractivity contribution < 1.29 is 4.39 Å². The number of nitrogens with zero attached hydrogens (tertiary/aromatic N) is 1. The molecule has 0 fully saturated rings. The van der Waals surface area contributed by atoms with Gasteiger partial charge in [-0.15, -0.1) is 0 Å². The van der Waals surface area contributed by atoms with Crippen LogP contribution < -0.4 is 5.32 Å². The van der Waals surface area contributed by atoms with Crippen LogP contribution in [-0.2, 0) is 6.54 Å². The van der Waals surface area contributed by atoms with E-state index in [1.165, 1.54) is 0 Å². The second-order valence-corrected chi connectivity index (χ2v) is 4.44. The zero-order valence-corrected chi connectivity index (χ0v) is 10.7. The minimum Gasteiger partial charge on any atom is -0.305 e. The molecule has 1 N–H and O–H groups in total. The molecule has 0 aliphatic heterocycles. The standard InChI is InChI=1S/C15H17FN2/c1-11-6-7-13(9-14(11)16)10-18-12(2)15-5-3-4-8-17-15/h3-9,12,18H,10H2,1-2H3. The first-order valence-electron chi connectivity index (χ1n) is 6.06. The van der Waals surface area contributed by atoms with Crippen LogP contribution in [0.25, 0.3) is 0 Å². The molecule has 18 heavy (non-hydrogen) atoms. The molecular weight excluding hydrogens is 227 g/mol. The van der Waals surface area contributed by atoms with E-state index >= 15 is 0 Å². The van der Waals surface area contributed by atoms with E-state index in [9.17, 15) is 4.39 Å². The maximum absolute atomic E-state index is 13.4. The highest BCUT2D eigenvalue weighted by molar-refractivity contribution is 5.23. The highest BCUT2D eigenvalue weighted by atomic mass is 19.1. The fourth-order valence-electron chi connectivity index (χ4n) is 1.75. The monoisotopic (exact) mass is 244 g/mol. The van der Waals surface area contributed by atoms with Crippen molar-refractivity contribution in [1.82, 2.24) is 10.3 Å². The molecule has 3 heteroatoms. The molecule has 0 spiro atoms. The number of hydrogen-bond donors (Lipinski definition) is 1. The van der Waals surface area contributed by atoms with E-state index in [2.05, 4.69) is 10.3 Å². The summed E-state index contributed by atoms with van der Waals surface area (Å²) in [6.07, 6.45) is 1.78. The molecule has 2 rings (SSSR count). The van der Waals surface area contributed by atoms with Crippen molar-refractivity contribution in [2.75, 3.05) is 0 Å². The number of rotatable bonds is 4. The Balaban J connectivity index is 1.97. The normalized spacial score (nSPS) is 12.4. The van der Waals surface area contributed by atoms with Crippen molar-refractivity contribution in [3.05, 3.63) is 65.2 Å². The van der Waals surface area contributed by atoms with Gasteiger partial charge in [0.1, 0.15) is 5.82 Å². The number of pyridine rings is 1. The largest absolute Gasteiger partial charge is 0.305 e. The van der Waals surface area contributed by atoms with E-state index in [1.807, 2.05) is 31.2 Å². The molecule has 0 saturated carbocycles. The molecule has 0 bridgehead atoms. The van der Waals surface area contributed by atoms with E-state index in [-0.39, 0.29) is 11.9 Å². The van der Waals surface area contributed by atoms with Gasteiger partial charge in [0.15, 0.2) is 0 Å². The maximum atomic E-state index is 13.4. The first-order valence-corrected chi connectivity index (χ1v) is 6.06. The number of hydrogen-bond acceptors (Lipinski definition) is 2. The van der Waals surface area contributed by atoms with Gasteiger partial charge in [0, 0.05) is 18.8 Å². The van der Waals surface area contributed by atoms with Gasteiger partial charge in [-0.1, -0.05) is 18.2 Å². The molecular formula is C15H17FN2. The average molecular weight is 244 g/mol. The zero-order valence-electron chi connectivity index (χ0n) is 10.7. The Morgan fingerprint density at radius 1 is 1.28 bits per heavy atom. The third kappa shape index (κ3) is 3.14. The van der Waals surface area contributed by atoms with Crippen LogP contribution in [0.1, 0.15) is 29.8 Å². The molecule has 1 atom stereocenters. The summed E-state index contributed by atoms with van der Waals surface area (Å²) < 4.78 is 13.4. The minimum absolute atomic E-state index is 0.149. The summed E-state index contributed by atoms with van der Waals surface area (Å²) in [6.45, 7) is 4.45. The lowest BCUT2D eigenvalue weighted by molar-refractivity contribution is 0.556. The number of aromatic nitrogens is 1. The molecule has 0 saturated heterocycles. The molecule has 1 aromatic heterocycles. The Hall–Kier alpha value is -1.74. The molecule has 1 heterocycles. The Labute approximate surface area is 107 Å². The third-order valence-corrected chi connectivity index (χ3v) is 2.98. The highest BCUT2D eigenvalue weighted by Crippen LogP contribution is 2.12. The number of benzene rings is 1. The molecule has 94 valence electrons. The minimum atomic E-state index is -0.153. The van der Waals surface area contributed by atoms with Crippen molar-refractivity contribution in [2.45, 2.75) is 26.4 Å². The van der Waals surface area contributed by atoms with Gasteiger partial charge in [-0.25, -0.2) is 4.39 Å². The van der Waals surface area contributed by atoms with Crippen LogP contribution in [0.15, 0.2) is 42.6 Å². The zero-order chi connectivity index (χ0) is 13.0. The summed E-state index contributed by atoms with van der Waals surface area (Å²) in [5.41, 5.74) is 2.61. The molecule has 2 aromatic rings. The van der Waals surface area contributed by atoms with Crippen LogP contribution in [0.3, 0.4) is 0 Å². The number of aryl methyl sites for hydroxylation is 1. The first kappa shape index (κ1) is 12.7. The smallest absolute Gasteiger partial charge is 0.126 e. The predicted octanol–water partition coefficient (Wildman–Crippen LogP) is 3.38. The second-order valence-electron chi connectivity index (χ2n) is 4.44. The topological polar surface area (TPSA) is 24.9 Å². The molecule has 0 amide bonds. The van der Waals surface area contributed by atoms with Crippen LogP contribution in [-0.4, -0.2) is 4.98 Å². The van der Waals surface area contributed by atoms with Gasteiger partial charge in [0.05, 0.1) is 5.69 Å². The summed E-state index contributed by atoms with van der Waals surface area (Å²) in [7, 11) is 0. The lowest BCUT2D eigenvalue weighted by Gasteiger charge is -2.13. The second kappa shape index (κ2) is 5.74. The Morgan fingerprint density at radius 3 is 2.78 bits per heavy atom. The van der Waals surface area contributed by atoms with Gasteiger partial charge in [-0.3, -0.25) is 4.98 Å². The molecule has 0 aliphatic carbocycles. The average Bonchev–Trinajstić information content (AvgIpc) is 2.41. The van der Waals surface area contributed by atoms with Crippen molar-refractivity contribution in [2.24, 2.45) is 0 Å². The van der Waals surface area contributed by atoms with Crippen LogP contribution in [0.4, 0.5) is 4.39 Å². The van der Waals surface area contributed by atoms with Crippen molar-refractivity contribution in [1.29, 1.82) is 0 Å². The summed E-state index contributed by atoms with van der Waals surface area (Å²) in [4.78, 5) is 4.29. The summed E-state index contributed by atoms with van der Waals surface area (Å²) in [5.74, 6) is -0.153. The third-order valence-electron chi connectivity index (χ3n) is 2.98. The van der Waals surface area contributed by atoms with Crippen LogP contribution in [0.5, 0.6) is 0 Å². The first-order chi connectivity index (χ1) is 8.66. The van der Waals surface area contributed by atoms with Gasteiger partial charge >= 0.3 is 0 Å². The number of halogens is 1. The molecule has 0 aliphatic rings. The predicted molar refractivity (Wildman–Crippen MR) is 70.6 cm³/mol. The molecule has 0 radical (unpaired) electrons. The number of nitrogens with one attached hydrogen (secondary N) is 1. The summed E-state index contributed by atoms with van der Waals surface area (Å²) in [6, 6.07) is 11.3. The van der Waals surface area contributed by atoms with E-state index < -0.39 is 0 Å². The van der Waals surface area contributed by atoms with Crippen molar-refractivity contribution in [3.8, 4) is 0 Å². The van der Waals surface area contributed by atoms with Gasteiger partial charge in [0.25, 0.3) is 0 Å². The van der Waals surface area contributed by atoms with Crippen LogP contribution >= 0.6 is 0 Å². The van der Waals surface area contributed by atoms with Gasteiger partial charge in [-0.05, 0) is 43.2 Å². The van der Waals surface area contributed by atoms with Crippen LogP contribution in [0, 0.1) is 12.7 Å². The van der Waals surface area contributed by atoms with Gasteiger partial charge in [0.2, 0.25) is 0 Å². The highest BCUT2D eigenvalue weighted by Gasteiger charge is 2.06. The van der Waals surface area contributed by atoms with E-state index in [0.29, 0.717) is 12.1 Å². The van der Waals surface area contributed by atoms with Crippen molar-refractivity contribution in [3.63, 3.8) is 0 Å². The molecule has 2 nitrogen and oxygen atoms in total. The van der Waals surface area contributed by atoms with Crippen LogP contribution in [0.2, 0.25) is 0 Å². The fraction of sp³-hybridized carbons (Fsp3) is 0.267. The lowest BCUT2D eigenvalue weighted by Crippen LogP contribution is -2.19. The Morgan fingerprint density at radius 2 is 2.11 bits per heavy atom. The maximum Gasteiger partial charge on any atom is 0.126 e. The van der Waals surface area contributed by atoms with Gasteiger partial charge in [-0.2, -0.15) is 0 Å². The lowest BCUT2D eigenvalue weighted by atomic mass is 10.1. The Bertz CT molecular complexity index is 511. The van der Waals surface area contributed by atoms with Gasteiger partial charge < -0.3 is 5.32 Å². The molecule has 1 aromatic carbocycles. The quantitative estimate of drug-likeness (QED) is 0.891.